The molecule has 106 valence electrons. The molecule has 20 heavy (non-hydrogen) atoms. The topological polar surface area (TPSA) is 52.0 Å². The molecule has 2 heterocycles. The van der Waals surface area contributed by atoms with E-state index in [1.54, 1.807) is 6.20 Å². The van der Waals surface area contributed by atoms with Gasteiger partial charge in [0.2, 0.25) is 0 Å². The average Bonchev–Trinajstić information content (AvgIpc) is 3.33. The maximum atomic E-state index is 9.17. The van der Waals surface area contributed by atoms with Crippen molar-refractivity contribution in [2.75, 3.05) is 19.6 Å². The first kappa shape index (κ1) is 13.5. The summed E-state index contributed by atoms with van der Waals surface area (Å²) in [5.74, 6) is 0.805. The number of nitrogens with one attached hydrogen (secondary N) is 1. The van der Waals surface area contributed by atoms with Crippen molar-refractivity contribution < 1.29 is 0 Å². The van der Waals surface area contributed by atoms with Crippen LogP contribution in [0.3, 0.4) is 0 Å². The van der Waals surface area contributed by atoms with Crippen molar-refractivity contribution >= 4 is 0 Å². The van der Waals surface area contributed by atoms with Crippen LogP contribution in [-0.4, -0.2) is 35.6 Å². The minimum atomic E-state index is 0.587. The summed E-state index contributed by atoms with van der Waals surface area (Å²) in [7, 11) is 0. The summed E-state index contributed by atoms with van der Waals surface area (Å²) in [6.07, 6.45) is 6.89. The Morgan fingerprint density at radius 1 is 1.30 bits per heavy atom. The Bertz CT molecular complexity index is 483. The van der Waals surface area contributed by atoms with E-state index in [4.69, 9.17) is 5.26 Å². The van der Waals surface area contributed by atoms with Crippen LogP contribution in [0.15, 0.2) is 18.3 Å². The van der Waals surface area contributed by atoms with Crippen LogP contribution in [0.25, 0.3) is 0 Å². The van der Waals surface area contributed by atoms with Crippen LogP contribution < -0.4 is 5.32 Å². The first-order valence-corrected chi connectivity index (χ1v) is 7.65. The molecule has 0 amide bonds. The van der Waals surface area contributed by atoms with E-state index < -0.39 is 0 Å². The number of hydrogen-bond donors (Lipinski definition) is 1. The summed E-state index contributed by atoms with van der Waals surface area (Å²) < 4.78 is 0. The summed E-state index contributed by atoms with van der Waals surface area (Å²) in [4.78, 5) is 6.76. The fraction of sp³-hybridized carbons (Fsp3) is 0.625. The number of nitriles is 1. The normalized spacial score (nSPS) is 20.0. The van der Waals surface area contributed by atoms with Crippen molar-refractivity contribution in [2.24, 2.45) is 5.92 Å². The number of aromatic nitrogens is 1. The Hall–Kier alpha value is -1.44. The Morgan fingerprint density at radius 2 is 2.10 bits per heavy atom. The van der Waals surface area contributed by atoms with Gasteiger partial charge in [-0.3, -0.25) is 4.90 Å². The molecular weight excluding hydrogens is 248 g/mol. The van der Waals surface area contributed by atoms with E-state index in [0.717, 1.165) is 37.2 Å². The van der Waals surface area contributed by atoms with Gasteiger partial charge in [0.1, 0.15) is 11.8 Å². The van der Waals surface area contributed by atoms with Crippen molar-refractivity contribution in [1.29, 1.82) is 5.26 Å². The fourth-order valence-electron chi connectivity index (χ4n) is 3.06. The molecule has 2 fully saturated rings. The molecule has 3 rings (SSSR count). The summed E-state index contributed by atoms with van der Waals surface area (Å²) in [5.41, 5.74) is 1.67. The lowest BCUT2D eigenvalue weighted by atomic mass is 9.97. The van der Waals surface area contributed by atoms with Crippen LogP contribution in [0.4, 0.5) is 0 Å². The summed E-state index contributed by atoms with van der Waals surface area (Å²) >= 11 is 0. The molecule has 0 atom stereocenters. The van der Waals surface area contributed by atoms with Gasteiger partial charge in [-0.1, -0.05) is 6.07 Å². The maximum Gasteiger partial charge on any atom is 0.144 e. The van der Waals surface area contributed by atoms with E-state index in [-0.39, 0.29) is 0 Å². The van der Waals surface area contributed by atoms with E-state index in [0.29, 0.717) is 5.69 Å². The standard InChI is InChI=1S/C16H22N4/c17-10-16-14(2-1-7-19-16)12-20(15-3-4-15)11-13-5-8-18-9-6-13/h1-2,7,13,15,18H,3-6,8-9,11-12H2. The van der Waals surface area contributed by atoms with Crippen LogP contribution in [0, 0.1) is 17.2 Å². The molecule has 1 saturated carbocycles. The van der Waals surface area contributed by atoms with Crippen LogP contribution in [0.2, 0.25) is 0 Å². The van der Waals surface area contributed by atoms with Gasteiger partial charge in [0.15, 0.2) is 0 Å². The zero-order valence-electron chi connectivity index (χ0n) is 11.9. The molecule has 0 unspecified atom stereocenters. The quantitative estimate of drug-likeness (QED) is 0.888. The van der Waals surface area contributed by atoms with Crippen molar-refractivity contribution in [2.45, 2.75) is 38.3 Å². The number of hydrogen-bond acceptors (Lipinski definition) is 4. The predicted molar refractivity (Wildman–Crippen MR) is 78.0 cm³/mol. The lowest BCUT2D eigenvalue weighted by Gasteiger charge is -2.30. The first-order valence-electron chi connectivity index (χ1n) is 7.65. The fourth-order valence-corrected chi connectivity index (χ4v) is 3.06. The molecule has 2 aliphatic rings. The van der Waals surface area contributed by atoms with Crippen LogP contribution in [0.5, 0.6) is 0 Å². The van der Waals surface area contributed by atoms with E-state index in [2.05, 4.69) is 21.3 Å². The van der Waals surface area contributed by atoms with Gasteiger partial charge >= 0.3 is 0 Å². The number of piperidine rings is 1. The van der Waals surface area contributed by atoms with Gasteiger partial charge in [0.05, 0.1) is 0 Å². The second kappa shape index (κ2) is 6.34. The third kappa shape index (κ3) is 3.36. The zero-order chi connectivity index (χ0) is 13.8. The molecule has 1 aliphatic heterocycles. The van der Waals surface area contributed by atoms with Gasteiger partial charge in [-0.05, 0) is 50.8 Å². The van der Waals surface area contributed by atoms with E-state index in [1.807, 2.05) is 12.1 Å². The summed E-state index contributed by atoms with van der Waals surface area (Å²) in [6, 6.07) is 6.93. The maximum absolute atomic E-state index is 9.17. The van der Waals surface area contributed by atoms with Gasteiger partial charge in [-0.2, -0.15) is 5.26 Å². The molecule has 0 bridgehead atoms. The van der Waals surface area contributed by atoms with Gasteiger partial charge in [0, 0.05) is 30.9 Å². The number of pyridine rings is 1. The highest BCUT2D eigenvalue weighted by Crippen LogP contribution is 2.30. The molecule has 4 heteroatoms. The van der Waals surface area contributed by atoms with Gasteiger partial charge in [-0.15, -0.1) is 0 Å². The highest BCUT2D eigenvalue weighted by Gasteiger charge is 2.31. The SMILES string of the molecule is N#Cc1ncccc1CN(CC1CCNCC1)C1CC1. The zero-order valence-corrected chi connectivity index (χ0v) is 11.9. The van der Waals surface area contributed by atoms with Gasteiger partial charge in [-0.25, -0.2) is 4.98 Å². The van der Waals surface area contributed by atoms with Crippen molar-refractivity contribution in [1.82, 2.24) is 15.2 Å². The summed E-state index contributed by atoms with van der Waals surface area (Å²) in [5, 5.41) is 12.6. The second-order valence-electron chi connectivity index (χ2n) is 5.98. The van der Waals surface area contributed by atoms with Crippen LogP contribution >= 0.6 is 0 Å². The largest absolute Gasteiger partial charge is 0.317 e. The van der Waals surface area contributed by atoms with Crippen molar-refractivity contribution in [3.05, 3.63) is 29.6 Å². The van der Waals surface area contributed by atoms with Gasteiger partial charge in [0.25, 0.3) is 0 Å². The Kier molecular flexibility index (Phi) is 4.29. The molecule has 0 aromatic carbocycles. The smallest absolute Gasteiger partial charge is 0.144 e. The molecule has 1 N–H and O–H groups in total. The lowest BCUT2D eigenvalue weighted by molar-refractivity contribution is 0.190. The van der Waals surface area contributed by atoms with Crippen LogP contribution in [0.1, 0.15) is 36.9 Å². The van der Waals surface area contributed by atoms with E-state index in [1.165, 1.54) is 32.2 Å². The molecular formula is C16H22N4. The average molecular weight is 270 g/mol. The molecule has 1 saturated heterocycles. The third-order valence-corrected chi connectivity index (χ3v) is 4.39. The Labute approximate surface area is 120 Å². The lowest BCUT2D eigenvalue weighted by Crippen LogP contribution is -2.37. The first-order chi connectivity index (χ1) is 9.86. The number of rotatable bonds is 5. The minimum absolute atomic E-state index is 0.587. The molecule has 4 nitrogen and oxygen atoms in total. The van der Waals surface area contributed by atoms with Gasteiger partial charge < -0.3 is 5.32 Å². The minimum Gasteiger partial charge on any atom is -0.317 e. The predicted octanol–water partition coefficient (Wildman–Crippen LogP) is 1.92. The number of nitrogens with zero attached hydrogens (tertiary/aromatic N) is 3. The molecule has 1 aliphatic carbocycles. The van der Waals surface area contributed by atoms with Crippen molar-refractivity contribution in [3.63, 3.8) is 0 Å². The molecule has 1 aromatic heterocycles. The molecule has 0 spiro atoms. The Morgan fingerprint density at radius 3 is 2.80 bits per heavy atom. The highest BCUT2D eigenvalue weighted by molar-refractivity contribution is 5.30. The molecule has 0 radical (unpaired) electrons. The third-order valence-electron chi connectivity index (χ3n) is 4.39. The second-order valence-corrected chi connectivity index (χ2v) is 5.98. The van der Waals surface area contributed by atoms with Crippen molar-refractivity contribution in [3.8, 4) is 6.07 Å². The van der Waals surface area contributed by atoms with Crippen LogP contribution in [-0.2, 0) is 6.54 Å². The van der Waals surface area contributed by atoms with E-state index in [9.17, 15) is 0 Å². The monoisotopic (exact) mass is 270 g/mol. The molecule has 1 aromatic rings. The van der Waals surface area contributed by atoms with E-state index >= 15 is 0 Å². The Balaban J connectivity index is 1.66. The highest BCUT2D eigenvalue weighted by atomic mass is 15.2. The summed E-state index contributed by atoms with van der Waals surface area (Å²) in [6.45, 7) is 4.36.